The predicted octanol–water partition coefficient (Wildman–Crippen LogP) is 0.187. The molecule has 2 heterocycles. The van der Waals surface area contributed by atoms with Crippen molar-refractivity contribution >= 4 is 5.91 Å². The molecule has 0 radical (unpaired) electrons. The van der Waals surface area contributed by atoms with Crippen LogP contribution in [0.25, 0.3) is 0 Å². The lowest BCUT2D eigenvalue weighted by Crippen LogP contribution is -2.60. The molecule has 0 N–H and O–H groups in total. The van der Waals surface area contributed by atoms with Crippen LogP contribution in [-0.2, 0) is 9.53 Å². The first-order valence-electron chi connectivity index (χ1n) is 5.68. The monoisotopic (exact) mass is 212 g/mol. The molecule has 2 aliphatic heterocycles. The van der Waals surface area contributed by atoms with Crippen molar-refractivity contribution < 1.29 is 9.53 Å². The van der Waals surface area contributed by atoms with Gasteiger partial charge in [0, 0.05) is 32.2 Å². The van der Waals surface area contributed by atoms with Gasteiger partial charge in [0.2, 0.25) is 5.91 Å². The van der Waals surface area contributed by atoms with Gasteiger partial charge in [-0.1, -0.05) is 6.92 Å². The van der Waals surface area contributed by atoms with Gasteiger partial charge >= 0.3 is 0 Å². The number of methoxy groups -OCH3 is 1. The number of hydrogen-bond acceptors (Lipinski definition) is 3. The number of hydrogen-bond donors (Lipinski definition) is 0. The normalized spacial score (nSPS) is 24.5. The molecule has 0 aromatic carbocycles. The maximum absolute atomic E-state index is 11.5. The molecule has 1 spiro atoms. The number of rotatable bonds is 3. The van der Waals surface area contributed by atoms with E-state index in [1.54, 1.807) is 7.11 Å². The van der Waals surface area contributed by atoms with E-state index in [-0.39, 0.29) is 12.5 Å². The van der Waals surface area contributed by atoms with Crippen molar-refractivity contribution in [2.24, 2.45) is 5.41 Å². The molecule has 0 aromatic rings. The molecule has 86 valence electrons. The second-order valence-corrected chi connectivity index (χ2v) is 4.80. The van der Waals surface area contributed by atoms with Crippen molar-refractivity contribution in [1.82, 2.24) is 9.80 Å². The summed E-state index contributed by atoms with van der Waals surface area (Å²) in [7, 11) is 1.57. The summed E-state index contributed by atoms with van der Waals surface area (Å²) in [4.78, 5) is 15.9. The Kier molecular flexibility index (Phi) is 2.98. The Balaban J connectivity index is 1.80. The minimum absolute atomic E-state index is 0.137. The predicted molar refractivity (Wildman–Crippen MR) is 57.6 cm³/mol. The first-order chi connectivity index (χ1) is 7.19. The molecule has 1 amide bonds. The Morgan fingerprint density at radius 3 is 2.67 bits per heavy atom. The molecule has 0 aromatic heterocycles. The van der Waals surface area contributed by atoms with Gasteiger partial charge < -0.3 is 14.5 Å². The third-order valence-electron chi connectivity index (χ3n) is 3.64. The molecule has 2 saturated heterocycles. The zero-order valence-electron chi connectivity index (χ0n) is 9.66. The fraction of sp³-hybridized carbons (Fsp3) is 0.909. The van der Waals surface area contributed by atoms with Crippen LogP contribution in [-0.4, -0.2) is 62.1 Å². The molecule has 15 heavy (non-hydrogen) atoms. The van der Waals surface area contributed by atoms with E-state index in [1.807, 2.05) is 4.90 Å². The van der Waals surface area contributed by atoms with Crippen molar-refractivity contribution in [3.8, 4) is 0 Å². The second kappa shape index (κ2) is 4.10. The van der Waals surface area contributed by atoms with E-state index >= 15 is 0 Å². The summed E-state index contributed by atoms with van der Waals surface area (Å²) >= 11 is 0. The molecule has 2 rings (SSSR count). The Morgan fingerprint density at radius 1 is 1.40 bits per heavy atom. The van der Waals surface area contributed by atoms with E-state index in [4.69, 9.17) is 4.74 Å². The molecular formula is C11H20N2O2. The quantitative estimate of drug-likeness (QED) is 0.669. The van der Waals surface area contributed by atoms with Crippen LogP contribution in [0.4, 0.5) is 0 Å². The number of nitrogens with zero attached hydrogens (tertiary/aromatic N) is 2. The average molecular weight is 212 g/mol. The number of ether oxygens (including phenoxy) is 1. The summed E-state index contributed by atoms with van der Waals surface area (Å²) < 4.78 is 4.85. The van der Waals surface area contributed by atoms with Gasteiger partial charge in [-0.15, -0.1) is 0 Å². The van der Waals surface area contributed by atoms with Crippen molar-refractivity contribution in [1.29, 1.82) is 0 Å². The summed E-state index contributed by atoms with van der Waals surface area (Å²) in [5.74, 6) is 0.137. The van der Waals surface area contributed by atoms with Gasteiger partial charge in [0.05, 0.1) is 0 Å². The first-order valence-corrected chi connectivity index (χ1v) is 5.68. The van der Waals surface area contributed by atoms with E-state index < -0.39 is 0 Å². The van der Waals surface area contributed by atoms with Crippen LogP contribution in [0.1, 0.15) is 13.3 Å². The highest BCUT2D eigenvalue weighted by molar-refractivity contribution is 5.78. The zero-order chi connectivity index (χ0) is 10.9. The van der Waals surface area contributed by atoms with E-state index in [1.165, 1.54) is 19.5 Å². The molecule has 0 bridgehead atoms. The van der Waals surface area contributed by atoms with E-state index in [9.17, 15) is 4.79 Å². The van der Waals surface area contributed by atoms with Crippen molar-refractivity contribution in [3.63, 3.8) is 0 Å². The van der Waals surface area contributed by atoms with E-state index in [2.05, 4.69) is 11.8 Å². The molecule has 4 nitrogen and oxygen atoms in total. The lowest BCUT2D eigenvalue weighted by Gasteiger charge is -2.48. The average Bonchev–Trinajstić information content (AvgIpc) is 2.59. The Morgan fingerprint density at radius 2 is 2.13 bits per heavy atom. The smallest absolute Gasteiger partial charge is 0.248 e. The number of likely N-dealkylation sites (tertiary alicyclic amines) is 2. The lowest BCUT2D eigenvalue weighted by molar-refractivity contribution is -0.146. The largest absolute Gasteiger partial charge is 0.375 e. The Labute approximate surface area is 91.2 Å². The highest BCUT2D eigenvalue weighted by Gasteiger charge is 2.48. The summed E-state index contributed by atoms with van der Waals surface area (Å²) in [5.41, 5.74) is 0.416. The molecule has 0 saturated carbocycles. The number of carbonyl (C=O) groups excluding carboxylic acids is 1. The van der Waals surface area contributed by atoms with Gasteiger partial charge in [-0.3, -0.25) is 4.79 Å². The van der Waals surface area contributed by atoms with Gasteiger partial charge in [-0.05, 0) is 19.5 Å². The van der Waals surface area contributed by atoms with Crippen LogP contribution >= 0.6 is 0 Å². The molecular weight excluding hydrogens is 192 g/mol. The maximum Gasteiger partial charge on any atom is 0.248 e. The van der Waals surface area contributed by atoms with Crippen LogP contribution < -0.4 is 0 Å². The topological polar surface area (TPSA) is 32.8 Å². The number of carbonyl (C=O) groups is 1. The van der Waals surface area contributed by atoms with E-state index in [0.717, 1.165) is 19.6 Å². The van der Waals surface area contributed by atoms with Gasteiger partial charge in [-0.25, -0.2) is 0 Å². The molecule has 2 aliphatic rings. The highest BCUT2D eigenvalue weighted by Crippen LogP contribution is 2.39. The van der Waals surface area contributed by atoms with E-state index in [0.29, 0.717) is 5.41 Å². The molecule has 0 atom stereocenters. The minimum atomic E-state index is 0.137. The first kappa shape index (κ1) is 10.9. The second-order valence-electron chi connectivity index (χ2n) is 4.80. The third kappa shape index (κ3) is 2.01. The molecule has 2 fully saturated rings. The van der Waals surface area contributed by atoms with Gasteiger partial charge in [0.1, 0.15) is 6.61 Å². The summed E-state index contributed by atoms with van der Waals surface area (Å²) in [6.45, 7) is 7.80. The minimum Gasteiger partial charge on any atom is -0.375 e. The van der Waals surface area contributed by atoms with Crippen LogP contribution in [0.3, 0.4) is 0 Å². The SMILES string of the molecule is CCN1CCC2(C1)CN(C(=O)COC)C2. The standard InChI is InChI=1S/C11H20N2O2/c1-3-12-5-4-11(7-12)8-13(9-11)10(14)6-15-2/h3-9H2,1-2H3. The Bertz CT molecular complexity index is 249. The van der Waals surface area contributed by atoms with Crippen LogP contribution in [0.15, 0.2) is 0 Å². The Hall–Kier alpha value is -0.610. The molecule has 4 heteroatoms. The van der Waals surface area contributed by atoms with Gasteiger partial charge in [0.25, 0.3) is 0 Å². The van der Waals surface area contributed by atoms with Gasteiger partial charge in [0.15, 0.2) is 0 Å². The summed E-state index contributed by atoms with van der Waals surface area (Å²) in [6.07, 6.45) is 1.25. The third-order valence-corrected chi connectivity index (χ3v) is 3.64. The lowest BCUT2D eigenvalue weighted by atomic mass is 9.79. The van der Waals surface area contributed by atoms with Crippen molar-refractivity contribution in [2.75, 3.05) is 46.4 Å². The molecule has 0 aliphatic carbocycles. The fourth-order valence-electron chi connectivity index (χ4n) is 2.71. The van der Waals surface area contributed by atoms with Crippen molar-refractivity contribution in [3.05, 3.63) is 0 Å². The maximum atomic E-state index is 11.5. The van der Waals surface area contributed by atoms with Gasteiger partial charge in [-0.2, -0.15) is 0 Å². The van der Waals surface area contributed by atoms with Crippen LogP contribution in [0, 0.1) is 5.41 Å². The van der Waals surface area contributed by atoms with Crippen LogP contribution in [0.5, 0.6) is 0 Å². The fourth-order valence-corrected chi connectivity index (χ4v) is 2.71. The number of amides is 1. The van der Waals surface area contributed by atoms with Crippen molar-refractivity contribution in [2.45, 2.75) is 13.3 Å². The highest BCUT2D eigenvalue weighted by atomic mass is 16.5. The summed E-state index contributed by atoms with van der Waals surface area (Å²) in [6, 6.07) is 0. The zero-order valence-corrected chi connectivity index (χ0v) is 9.66. The molecule has 0 unspecified atom stereocenters. The van der Waals surface area contributed by atoms with Crippen LogP contribution in [0.2, 0.25) is 0 Å². The summed E-state index contributed by atoms with van der Waals surface area (Å²) in [5, 5.41) is 0.